The number of nitrogens with one attached hydrogen (secondary N) is 1. The molecule has 0 spiro atoms. The number of nitrogens with zero attached hydrogens (tertiary/aromatic N) is 1. The number of carbonyl (C=O) groups excluding carboxylic acids is 1. The third-order valence-electron chi connectivity index (χ3n) is 4.25. The van der Waals surface area contributed by atoms with Crippen LogP contribution in [0.2, 0.25) is 0 Å². The highest BCUT2D eigenvalue weighted by Gasteiger charge is 2.08. The molecule has 3 rings (SSSR count). The number of pyridine rings is 1. The van der Waals surface area contributed by atoms with Gasteiger partial charge in [-0.25, -0.2) is 0 Å². The van der Waals surface area contributed by atoms with E-state index in [2.05, 4.69) is 16.9 Å². The summed E-state index contributed by atoms with van der Waals surface area (Å²) >= 11 is 0. The molecule has 1 N–H and O–H groups in total. The van der Waals surface area contributed by atoms with Gasteiger partial charge in [0.25, 0.3) is 5.91 Å². The van der Waals surface area contributed by atoms with Crippen LogP contribution in [0.15, 0.2) is 67.3 Å². The monoisotopic (exact) mass is 360 g/mol. The Balaban J connectivity index is 1.64. The van der Waals surface area contributed by atoms with Crippen molar-refractivity contribution < 1.29 is 9.53 Å². The number of anilines is 1. The van der Waals surface area contributed by atoms with Crippen molar-refractivity contribution in [3.8, 4) is 5.75 Å². The quantitative estimate of drug-likeness (QED) is 0.424. The normalized spacial score (nSPS) is 10.6. The maximum atomic E-state index is 12.6. The van der Waals surface area contributed by atoms with Gasteiger partial charge >= 0.3 is 0 Å². The molecule has 3 aromatic rings. The minimum absolute atomic E-state index is 0.152. The van der Waals surface area contributed by atoms with Gasteiger partial charge in [-0.15, -0.1) is 6.58 Å². The molecular formula is C23H24N2O2. The molecule has 0 aliphatic carbocycles. The van der Waals surface area contributed by atoms with Crippen LogP contribution in [0, 0.1) is 6.92 Å². The summed E-state index contributed by atoms with van der Waals surface area (Å²) in [7, 11) is 0. The van der Waals surface area contributed by atoms with Crippen molar-refractivity contribution in [2.24, 2.45) is 0 Å². The van der Waals surface area contributed by atoms with Gasteiger partial charge in [0.2, 0.25) is 0 Å². The van der Waals surface area contributed by atoms with Crippen LogP contribution in [0.1, 0.15) is 35.3 Å². The zero-order valence-corrected chi connectivity index (χ0v) is 15.6. The highest BCUT2D eigenvalue weighted by molar-refractivity contribution is 6.06. The number of aryl methyl sites for hydroxylation is 1. The Bertz CT molecular complexity index is 950. The first-order chi connectivity index (χ1) is 13.2. The van der Waals surface area contributed by atoms with Gasteiger partial charge in [0, 0.05) is 28.4 Å². The molecular weight excluding hydrogens is 336 g/mol. The highest BCUT2D eigenvalue weighted by atomic mass is 16.5. The van der Waals surface area contributed by atoms with Crippen LogP contribution in [0.4, 0.5) is 5.69 Å². The lowest BCUT2D eigenvalue weighted by atomic mass is 10.1. The number of amides is 1. The number of benzene rings is 2. The number of aromatic nitrogens is 1. The Kier molecular flexibility index (Phi) is 6.21. The minimum Gasteiger partial charge on any atom is -0.494 e. The van der Waals surface area contributed by atoms with Gasteiger partial charge in [-0.2, -0.15) is 0 Å². The SMILES string of the molecule is C=CCCCCOc1cccc(NC(=O)c2ccc3nc(C)ccc3c2)c1. The molecule has 4 heteroatoms. The Morgan fingerprint density at radius 3 is 2.89 bits per heavy atom. The van der Waals surface area contributed by atoms with E-state index < -0.39 is 0 Å². The molecule has 2 aromatic carbocycles. The molecule has 0 unspecified atom stereocenters. The summed E-state index contributed by atoms with van der Waals surface area (Å²) in [6.07, 6.45) is 4.96. The molecule has 138 valence electrons. The van der Waals surface area contributed by atoms with E-state index in [9.17, 15) is 4.79 Å². The van der Waals surface area contributed by atoms with Crippen LogP contribution in [-0.2, 0) is 0 Å². The van der Waals surface area contributed by atoms with E-state index in [1.165, 1.54) is 0 Å². The Hall–Kier alpha value is -3.14. The van der Waals surface area contributed by atoms with Gasteiger partial charge < -0.3 is 10.1 Å². The summed E-state index contributed by atoms with van der Waals surface area (Å²) < 4.78 is 5.76. The molecule has 27 heavy (non-hydrogen) atoms. The fraction of sp³-hybridized carbons (Fsp3) is 0.217. The van der Waals surface area contributed by atoms with Gasteiger partial charge in [-0.05, 0) is 62.6 Å². The number of hydrogen-bond acceptors (Lipinski definition) is 3. The van der Waals surface area contributed by atoms with Gasteiger partial charge in [0.05, 0.1) is 12.1 Å². The number of carbonyl (C=O) groups is 1. The van der Waals surface area contributed by atoms with Gasteiger partial charge in [-0.1, -0.05) is 18.2 Å². The van der Waals surface area contributed by atoms with E-state index in [0.29, 0.717) is 17.9 Å². The summed E-state index contributed by atoms with van der Waals surface area (Å²) in [5.74, 6) is 0.602. The lowest BCUT2D eigenvalue weighted by Gasteiger charge is -2.10. The van der Waals surface area contributed by atoms with Crippen LogP contribution >= 0.6 is 0 Å². The van der Waals surface area contributed by atoms with Crippen LogP contribution in [0.25, 0.3) is 10.9 Å². The molecule has 0 aliphatic heterocycles. The molecule has 0 saturated heterocycles. The van der Waals surface area contributed by atoms with Crippen LogP contribution < -0.4 is 10.1 Å². The lowest BCUT2D eigenvalue weighted by molar-refractivity contribution is 0.102. The summed E-state index contributed by atoms with van der Waals surface area (Å²) in [6.45, 7) is 6.32. The largest absolute Gasteiger partial charge is 0.494 e. The summed E-state index contributed by atoms with van der Waals surface area (Å²) in [5, 5.41) is 3.88. The number of unbranched alkanes of at least 4 members (excludes halogenated alkanes) is 2. The second-order valence-electron chi connectivity index (χ2n) is 6.47. The molecule has 0 saturated carbocycles. The Labute approximate surface area is 159 Å². The molecule has 1 aromatic heterocycles. The maximum Gasteiger partial charge on any atom is 0.255 e. The third-order valence-corrected chi connectivity index (χ3v) is 4.25. The summed E-state index contributed by atoms with van der Waals surface area (Å²) in [6, 6.07) is 16.9. The first-order valence-electron chi connectivity index (χ1n) is 9.18. The van der Waals surface area contributed by atoms with E-state index in [0.717, 1.165) is 41.6 Å². The minimum atomic E-state index is -0.152. The predicted molar refractivity (Wildman–Crippen MR) is 110 cm³/mol. The fourth-order valence-electron chi connectivity index (χ4n) is 2.82. The van der Waals surface area contributed by atoms with E-state index >= 15 is 0 Å². The van der Waals surface area contributed by atoms with E-state index in [4.69, 9.17) is 4.74 Å². The zero-order chi connectivity index (χ0) is 19.1. The van der Waals surface area contributed by atoms with E-state index in [1.807, 2.05) is 61.5 Å². The van der Waals surface area contributed by atoms with Crippen molar-refractivity contribution in [3.05, 3.63) is 78.5 Å². The highest BCUT2D eigenvalue weighted by Crippen LogP contribution is 2.20. The smallest absolute Gasteiger partial charge is 0.255 e. The average Bonchev–Trinajstić information content (AvgIpc) is 2.67. The number of rotatable bonds is 8. The number of hydrogen-bond donors (Lipinski definition) is 1. The molecule has 0 bridgehead atoms. The van der Waals surface area contributed by atoms with Crippen molar-refractivity contribution >= 4 is 22.5 Å². The van der Waals surface area contributed by atoms with Crippen molar-refractivity contribution in [2.75, 3.05) is 11.9 Å². The van der Waals surface area contributed by atoms with Crippen molar-refractivity contribution in [3.63, 3.8) is 0 Å². The van der Waals surface area contributed by atoms with Crippen LogP contribution in [-0.4, -0.2) is 17.5 Å². The average molecular weight is 360 g/mol. The molecule has 4 nitrogen and oxygen atoms in total. The number of fused-ring (bicyclic) bond motifs is 1. The number of ether oxygens (including phenoxy) is 1. The standard InChI is InChI=1S/C23H24N2O2/c1-3-4-5-6-14-27-21-9-7-8-20(16-21)25-23(26)19-12-13-22-18(15-19)11-10-17(2)24-22/h3,7-13,15-16H,1,4-6,14H2,2H3,(H,25,26). The predicted octanol–water partition coefficient (Wildman–Crippen LogP) is 5.53. The number of allylic oxidation sites excluding steroid dienone is 1. The van der Waals surface area contributed by atoms with Gasteiger partial charge in [0.15, 0.2) is 0 Å². The Morgan fingerprint density at radius 1 is 1.15 bits per heavy atom. The summed E-state index contributed by atoms with van der Waals surface area (Å²) in [5.41, 5.74) is 3.16. The molecule has 0 atom stereocenters. The van der Waals surface area contributed by atoms with Gasteiger partial charge in [-0.3, -0.25) is 9.78 Å². The molecule has 0 aliphatic rings. The third kappa shape index (κ3) is 5.17. The van der Waals surface area contributed by atoms with Crippen LogP contribution in [0.5, 0.6) is 5.75 Å². The second kappa shape index (κ2) is 8.99. The van der Waals surface area contributed by atoms with Crippen molar-refractivity contribution in [1.29, 1.82) is 0 Å². The molecule has 0 radical (unpaired) electrons. The summed E-state index contributed by atoms with van der Waals surface area (Å²) in [4.78, 5) is 17.1. The topological polar surface area (TPSA) is 51.2 Å². The molecule has 1 heterocycles. The first kappa shape index (κ1) is 18.6. The first-order valence-corrected chi connectivity index (χ1v) is 9.18. The fourth-order valence-corrected chi connectivity index (χ4v) is 2.82. The van der Waals surface area contributed by atoms with E-state index in [-0.39, 0.29) is 5.91 Å². The van der Waals surface area contributed by atoms with E-state index in [1.54, 1.807) is 6.07 Å². The zero-order valence-electron chi connectivity index (χ0n) is 15.6. The maximum absolute atomic E-state index is 12.6. The van der Waals surface area contributed by atoms with Crippen LogP contribution in [0.3, 0.4) is 0 Å². The lowest BCUT2D eigenvalue weighted by Crippen LogP contribution is -2.12. The van der Waals surface area contributed by atoms with Gasteiger partial charge in [0.1, 0.15) is 5.75 Å². The van der Waals surface area contributed by atoms with Crippen molar-refractivity contribution in [1.82, 2.24) is 4.98 Å². The molecule has 1 amide bonds. The molecule has 0 fully saturated rings. The second-order valence-corrected chi connectivity index (χ2v) is 6.47. The van der Waals surface area contributed by atoms with Crippen molar-refractivity contribution in [2.45, 2.75) is 26.2 Å². The Morgan fingerprint density at radius 2 is 2.04 bits per heavy atom.